The Morgan fingerprint density at radius 3 is 3.30 bits per heavy atom. The molecule has 0 atom stereocenters. The van der Waals surface area contributed by atoms with Crippen LogP contribution in [0.4, 0.5) is 4.79 Å². The zero-order chi connectivity index (χ0) is 14.4. The van der Waals surface area contributed by atoms with Gasteiger partial charge in [0.2, 0.25) is 11.0 Å². The average molecular weight is 279 g/mol. The van der Waals surface area contributed by atoms with Crippen LogP contribution in [0.2, 0.25) is 0 Å². The Labute approximate surface area is 113 Å². The highest BCUT2D eigenvalue weighted by molar-refractivity contribution is 5.86. The number of methoxy groups -OCH3 is 1. The second-order valence-electron chi connectivity index (χ2n) is 3.80. The van der Waals surface area contributed by atoms with Gasteiger partial charge in [0.05, 0.1) is 12.8 Å². The van der Waals surface area contributed by atoms with Crippen LogP contribution < -0.4 is 15.6 Å². The molecule has 0 aliphatic rings. The number of urea groups is 1. The quantitative estimate of drug-likeness (QED) is 0.338. The second kappa shape index (κ2) is 6.48. The smallest absolute Gasteiger partial charge is 0.335 e. The summed E-state index contributed by atoms with van der Waals surface area (Å²) >= 11 is 0. The van der Waals surface area contributed by atoms with Crippen molar-refractivity contribution in [3.05, 3.63) is 29.0 Å². The normalized spacial score (nSPS) is 11.1. The summed E-state index contributed by atoms with van der Waals surface area (Å²) in [6.07, 6.45) is 1.41. The van der Waals surface area contributed by atoms with Crippen molar-refractivity contribution in [2.75, 3.05) is 20.3 Å². The SMILES string of the molecule is COCCNC(=O)N/N=C/c1ccc2no[n+]([O-])c2c1. The van der Waals surface area contributed by atoms with E-state index in [0.717, 1.165) is 0 Å². The van der Waals surface area contributed by atoms with Gasteiger partial charge in [-0.3, -0.25) is 4.63 Å². The lowest BCUT2D eigenvalue weighted by molar-refractivity contribution is -0.782. The highest BCUT2D eigenvalue weighted by Gasteiger charge is 2.08. The second-order valence-corrected chi connectivity index (χ2v) is 3.80. The molecule has 9 nitrogen and oxygen atoms in total. The molecule has 2 aromatic rings. The number of fused-ring (bicyclic) bond motifs is 1. The highest BCUT2D eigenvalue weighted by atomic mass is 16.8. The van der Waals surface area contributed by atoms with Gasteiger partial charge in [-0.05, 0) is 22.6 Å². The number of carbonyl (C=O) groups excluding carboxylic acids is 1. The van der Waals surface area contributed by atoms with Gasteiger partial charge in [-0.25, -0.2) is 10.2 Å². The van der Waals surface area contributed by atoms with E-state index in [9.17, 15) is 10.0 Å². The van der Waals surface area contributed by atoms with Crippen molar-refractivity contribution in [3.8, 4) is 0 Å². The molecule has 2 rings (SSSR count). The Hall–Kier alpha value is -2.68. The van der Waals surface area contributed by atoms with Crippen molar-refractivity contribution >= 4 is 23.3 Å². The van der Waals surface area contributed by atoms with Crippen LogP contribution in [0.15, 0.2) is 27.9 Å². The van der Waals surface area contributed by atoms with E-state index in [1.165, 1.54) is 6.21 Å². The number of carbonyl (C=O) groups is 1. The van der Waals surface area contributed by atoms with Gasteiger partial charge in [0.1, 0.15) is 0 Å². The largest absolute Gasteiger partial charge is 0.383 e. The van der Waals surface area contributed by atoms with Crippen molar-refractivity contribution in [3.63, 3.8) is 0 Å². The number of benzene rings is 1. The molecule has 0 aliphatic carbocycles. The topological polar surface area (TPSA) is 116 Å². The van der Waals surface area contributed by atoms with Crippen LogP contribution in [0.3, 0.4) is 0 Å². The number of rotatable bonds is 5. The molecule has 20 heavy (non-hydrogen) atoms. The van der Waals surface area contributed by atoms with E-state index in [-0.39, 0.29) is 0 Å². The molecule has 0 saturated heterocycles. The van der Waals surface area contributed by atoms with E-state index >= 15 is 0 Å². The third kappa shape index (κ3) is 3.42. The van der Waals surface area contributed by atoms with Crippen LogP contribution in [0.25, 0.3) is 11.0 Å². The summed E-state index contributed by atoms with van der Waals surface area (Å²) in [5.74, 6) is 0. The molecule has 106 valence electrons. The zero-order valence-electron chi connectivity index (χ0n) is 10.7. The van der Waals surface area contributed by atoms with Gasteiger partial charge in [-0.1, -0.05) is 0 Å². The minimum atomic E-state index is -0.441. The molecule has 0 unspecified atom stereocenters. The van der Waals surface area contributed by atoms with Gasteiger partial charge in [-0.2, -0.15) is 5.10 Å². The van der Waals surface area contributed by atoms with Gasteiger partial charge < -0.3 is 15.3 Å². The summed E-state index contributed by atoms with van der Waals surface area (Å²) in [4.78, 5) is 11.6. The van der Waals surface area contributed by atoms with Crippen molar-refractivity contribution in [2.24, 2.45) is 5.10 Å². The first-order valence-electron chi connectivity index (χ1n) is 5.76. The molecule has 1 heterocycles. The summed E-state index contributed by atoms with van der Waals surface area (Å²) in [5.41, 5.74) is 3.65. The molecule has 0 fully saturated rings. The summed E-state index contributed by atoms with van der Waals surface area (Å²) in [6, 6.07) is 4.42. The Morgan fingerprint density at radius 1 is 1.65 bits per heavy atom. The summed E-state index contributed by atoms with van der Waals surface area (Å²) in [7, 11) is 1.54. The van der Waals surface area contributed by atoms with E-state index < -0.39 is 6.03 Å². The molecule has 0 spiro atoms. The van der Waals surface area contributed by atoms with Crippen LogP contribution in [0.5, 0.6) is 0 Å². The highest BCUT2D eigenvalue weighted by Crippen LogP contribution is 2.08. The van der Waals surface area contributed by atoms with Crippen LogP contribution in [-0.4, -0.2) is 37.7 Å². The molecule has 2 amide bonds. The number of hydrogen-bond acceptors (Lipinski definition) is 6. The molecular formula is C11H13N5O4. The lowest BCUT2D eigenvalue weighted by Crippen LogP contribution is -2.34. The fraction of sp³-hybridized carbons (Fsp3) is 0.273. The summed E-state index contributed by atoms with van der Waals surface area (Å²) < 4.78 is 9.23. The van der Waals surface area contributed by atoms with Crippen molar-refractivity contribution in [1.82, 2.24) is 15.9 Å². The molecule has 1 aromatic carbocycles. The number of amides is 2. The first kappa shape index (κ1) is 13.7. The molecule has 0 bridgehead atoms. The molecule has 1 aromatic heterocycles. The standard InChI is InChI=1S/C11H13N5O4/c1-19-5-4-12-11(17)14-13-7-8-2-3-9-10(6-8)16(18)20-15-9/h2-3,6-7H,4-5H2,1H3,(H2,12,14,17)/b13-7+. The van der Waals surface area contributed by atoms with Gasteiger partial charge in [-0.15, -0.1) is 0 Å². The predicted molar refractivity (Wildman–Crippen MR) is 69.0 cm³/mol. The molecule has 0 aliphatic heterocycles. The van der Waals surface area contributed by atoms with Gasteiger partial charge in [0.25, 0.3) is 0 Å². The number of aromatic nitrogens is 2. The lowest BCUT2D eigenvalue weighted by atomic mass is 10.2. The molecule has 0 radical (unpaired) electrons. The van der Waals surface area contributed by atoms with Crippen LogP contribution >= 0.6 is 0 Å². The molecule has 2 N–H and O–H groups in total. The molecule has 0 saturated carbocycles. The minimum Gasteiger partial charge on any atom is -0.383 e. The van der Waals surface area contributed by atoms with E-state index in [2.05, 4.69) is 25.6 Å². The van der Waals surface area contributed by atoms with Gasteiger partial charge in [0.15, 0.2) is 0 Å². The summed E-state index contributed by atoms with van der Waals surface area (Å²) in [5, 5.41) is 21.0. The van der Waals surface area contributed by atoms with E-state index in [1.54, 1.807) is 25.3 Å². The number of hydrazone groups is 1. The average Bonchev–Trinajstić information content (AvgIpc) is 2.81. The number of nitrogens with one attached hydrogen (secondary N) is 2. The minimum absolute atomic E-state index is 0.290. The number of hydrogen-bond donors (Lipinski definition) is 2. The lowest BCUT2D eigenvalue weighted by Gasteiger charge is -2.02. The number of ether oxygens (including phenoxy) is 1. The Balaban J connectivity index is 1.92. The fourth-order valence-corrected chi connectivity index (χ4v) is 1.44. The fourth-order valence-electron chi connectivity index (χ4n) is 1.44. The predicted octanol–water partition coefficient (Wildman–Crippen LogP) is -0.259. The monoisotopic (exact) mass is 279 g/mol. The number of nitrogens with zero attached hydrogens (tertiary/aromatic N) is 3. The van der Waals surface area contributed by atoms with Gasteiger partial charge >= 0.3 is 6.03 Å². The third-order valence-electron chi connectivity index (χ3n) is 2.38. The van der Waals surface area contributed by atoms with Crippen LogP contribution in [0, 0.1) is 5.21 Å². The molecular weight excluding hydrogens is 266 g/mol. The van der Waals surface area contributed by atoms with Gasteiger partial charge in [0, 0.05) is 24.9 Å². The van der Waals surface area contributed by atoms with Crippen LogP contribution in [0.1, 0.15) is 5.56 Å². The van der Waals surface area contributed by atoms with E-state index in [1.807, 2.05) is 0 Å². The Morgan fingerprint density at radius 2 is 2.50 bits per heavy atom. The Kier molecular flexibility index (Phi) is 4.45. The van der Waals surface area contributed by atoms with Crippen LogP contribution in [-0.2, 0) is 4.74 Å². The summed E-state index contributed by atoms with van der Waals surface area (Å²) in [6.45, 7) is 0.811. The first-order valence-corrected chi connectivity index (χ1v) is 5.76. The Bertz CT molecular complexity index is 624. The van der Waals surface area contributed by atoms with Crippen molar-refractivity contribution in [1.29, 1.82) is 0 Å². The maximum atomic E-state index is 11.3. The van der Waals surface area contributed by atoms with E-state index in [4.69, 9.17) is 4.74 Å². The van der Waals surface area contributed by atoms with Crippen molar-refractivity contribution < 1.29 is 19.1 Å². The zero-order valence-corrected chi connectivity index (χ0v) is 10.7. The third-order valence-corrected chi connectivity index (χ3v) is 2.38. The first-order chi connectivity index (χ1) is 9.70. The maximum Gasteiger partial charge on any atom is 0.335 e. The van der Waals surface area contributed by atoms with E-state index in [0.29, 0.717) is 34.7 Å². The van der Waals surface area contributed by atoms with Crippen molar-refractivity contribution in [2.45, 2.75) is 0 Å². The molecule has 9 heteroatoms. The maximum absolute atomic E-state index is 11.3.